The number of benzene rings is 2. The number of anilines is 1. The Morgan fingerprint density at radius 2 is 1.97 bits per heavy atom. The first-order chi connectivity index (χ1) is 15.5. The second-order valence-electron chi connectivity index (χ2n) is 8.76. The lowest BCUT2D eigenvalue weighted by atomic mass is 9.92. The van der Waals surface area contributed by atoms with Gasteiger partial charge in [-0.15, -0.1) is 0 Å². The van der Waals surface area contributed by atoms with Crippen LogP contribution in [-0.4, -0.2) is 36.1 Å². The van der Waals surface area contributed by atoms with Crippen LogP contribution in [0.2, 0.25) is 0 Å². The van der Waals surface area contributed by atoms with Gasteiger partial charge in [0.25, 0.3) is 0 Å². The van der Waals surface area contributed by atoms with Crippen molar-refractivity contribution in [2.24, 2.45) is 0 Å². The molecule has 0 fully saturated rings. The average Bonchev–Trinajstić information content (AvgIpc) is 2.94. The standard InChI is InChI=1S/C29H33N3/c1-22-12-11-15-25(20-22)30-29(24-13-7-5-6-8-14-24)23(2)27-21-32(19-18-31(3)4)28-17-10-9-16-26(27)28/h5-7,9-17,20-21,29-30H,2,8,18-19H2,1,3-4H3. The van der Waals surface area contributed by atoms with Gasteiger partial charge in [0, 0.05) is 41.4 Å². The van der Waals surface area contributed by atoms with E-state index >= 15 is 0 Å². The predicted molar refractivity (Wildman–Crippen MR) is 139 cm³/mol. The van der Waals surface area contributed by atoms with E-state index in [4.69, 9.17) is 0 Å². The number of likely N-dealkylation sites (N-methyl/N-ethyl adjacent to an activating group) is 1. The summed E-state index contributed by atoms with van der Waals surface area (Å²) >= 11 is 0. The number of hydrogen-bond donors (Lipinski definition) is 1. The smallest absolute Gasteiger partial charge is 0.0765 e. The first-order valence-corrected chi connectivity index (χ1v) is 11.3. The Hall–Kier alpha value is -3.30. The zero-order chi connectivity index (χ0) is 22.5. The number of nitrogens with one attached hydrogen (secondary N) is 1. The van der Waals surface area contributed by atoms with Crippen LogP contribution >= 0.6 is 0 Å². The van der Waals surface area contributed by atoms with Gasteiger partial charge in [-0.05, 0) is 62.3 Å². The Morgan fingerprint density at radius 3 is 2.78 bits per heavy atom. The molecule has 4 rings (SSSR count). The number of hydrogen-bond acceptors (Lipinski definition) is 2. The van der Waals surface area contributed by atoms with E-state index in [-0.39, 0.29) is 6.04 Å². The lowest BCUT2D eigenvalue weighted by Crippen LogP contribution is -2.23. The highest BCUT2D eigenvalue weighted by Crippen LogP contribution is 2.33. The van der Waals surface area contributed by atoms with Crippen LogP contribution in [0.25, 0.3) is 16.5 Å². The third-order valence-electron chi connectivity index (χ3n) is 5.96. The molecule has 164 valence electrons. The highest BCUT2D eigenvalue weighted by Gasteiger charge is 2.21. The minimum absolute atomic E-state index is 0.0129. The second-order valence-corrected chi connectivity index (χ2v) is 8.76. The van der Waals surface area contributed by atoms with Crippen LogP contribution in [0.3, 0.4) is 0 Å². The van der Waals surface area contributed by atoms with Crippen molar-refractivity contribution in [2.75, 3.05) is 26.0 Å². The molecule has 1 aliphatic rings. The number of aromatic nitrogens is 1. The van der Waals surface area contributed by atoms with Crippen LogP contribution in [0, 0.1) is 6.92 Å². The Morgan fingerprint density at radius 1 is 1.12 bits per heavy atom. The molecule has 0 bridgehead atoms. The van der Waals surface area contributed by atoms with Gasteiger partial charge in [-0.2, -0.15) is 0 Å². The van der Waals surface area contributed by atoms with Crippen molar-refractivity contribution in [1.29, 1.82) is 0 Å². The third kappa shape index (κ3) is 4.95. The highest BCUT2D eigenvalue weighted by atomic mass is 15.1. The molecule has 0 amide bonds. The maximum absolute atomic E-state index is 4.63. The van der Waals surface area contributed by atoms with E-state index in [1.807, 2.05) is 0 Å². The normalized spacial score (nSPS) is 14.4. The Labute approximate surface area is 192 Å². The maximum atomic E-state index is 4.63. The molecule has 1 atom stereocenters. The largest absolute Gasteiger partial charge is 0.374 e. The number of fused-ring (bicyclic) bond motifs is 1. The third-order valence-corrected chi connectivity index (χ3v) is 5.96. The molecule has 3 heteroatoms. The summed E-state index contributed by atoms with van der Waals surface area (Å²) in [7, 11) is 4.23. The Bertz CT molecular complexity index is 1190. The number of allylic oxidation sites excluding steroid dienone is 4. The average molecular weight is 424 g/mol. The van der Waals surface area contributed by atoms with E-state index in [0.717, 1.165) is 30.8 Å². The maximum Gasteiger partial charge on any atom is 0.0765 e. The molecule has 0 aliphatic heterocycles. The van der Waals surface area contributed by atoms with Crippen molar-refractivity contribution >= 4 is 22.2 Å². The summed E-state index contributed by atoms with van der Waals surface area (Å²) in [5.74, 6) is 0. The van der Waals surface area contributed by atoms with Crippen molar-refractivity contribution in [3.8, 4) is 0 Å². The van der Waals surface area contributed by atoms with E-state index in [1.165, 1.54) is 27.6 Å². The van der Waals surface area contributed by atoms with Crippen LogP contribution in [0.1, 0.15) is 17.5 Å². The second kappa shape index (κ2) is 9.88. The summed E-state index contributed by atoms with van der Waals surface area (Å²) in [5.41, 5.74) is 7.14. The molecule has 32 heavy (non-hydrogen) atoms. The fourth-order valence-electron chi connectivity index (χ4n) is 4.23. The molecule has 1 unspecified atom stereocenters. The lowest BCUT2D eigenvalue weighted by Gasteiger charge is -2.24. The molecular weight excluding hydrogens is 390 g/mol. The molecule has 1 heterocycles. The summed E-state index contributed by atoms with van der Waals surface area (Å²) in [5, 5.41) is 5.03. The molecule has 3 nitrogen and oxygen atoms in total. The minimum Gasteiger partial charge on any atom is -0.374 e. The highest BCUT2D eigenvalue weighted by molar-refractivity contribution is 5.95. The molecule has 0 saturated heterocycles. The van der Waals surface area contributed by atoms with E-state index in [2.05, 4.69) is 127 Å². The van der Waals surface area contributed by atoms with Crippen molar-refractivity contribution in [3.63, 3.8) is 0 Å². The van der Waals surface area contributed by atoms with Gasteiger partial charge in [-0.25, -0.2) is 0 Å². The predicted octanol–water partition coefficient (Wildman–Crippen LogP) is 6.45. The molecule has 2 aromatic carbocycles. The van der Waals surface area contributed by atoms with Gasteiger partial charge in [-0.3, -0.25) is 0 Å². The van der Waals surface area contributed by atoms with E-state index in [1.54, 1.807) is 0 Å². The number of rotatable bonds is 8. The first-order valence-electron chi connectivity index (χ1n) is 11.3. The molecule has 1 aromatic heterocycles. The van der Waals surface area contributed by atoms with Gasteiger partial charge in [0.1, 0.15) is 0 Å². The van der Waals surface area contributed by atoms with Crippen LogP contribution in [0.4, 0.5) is 5.69 Å². The Kier molecular flexibility index (Phi) is 6.77. The van der Waals surface area contributed by atoms with E-state index in [9.17, 15) is 0 Å². The molecule has 0 saturated carbocycles. The number of nitrogens with zero attached hydrogens (tertiary/aromatic N) is 2. The fraction of sp³-hybridized carbons (Fsp3) is 0.241. The van der Waals surface area contributed by atoms with Crippen LogP contribution in [0.15, 0.2) is 97.3 Å². The zero-order valence-corrected chi connectivity index (χ0v) is 19.4. The summed E-state index contributed by atoms with van der Waals surface area (Å²) in [6.07, 6.45) is 14.1. The van der Waals surface area contributed by atoms with Gasteiger partial charge < -0.3 is 14.8 Å². The lowest BCUT2D eigenvalue weighted by molar-refractivity contribution is 0.387. The molecule has 0 spiro atoms. The SMILES string of the molecule is C=C(c1cn(CCN(C)C)c2ccccc12)C(Nc1cccc(C)c1)C1=CCC=CC=C1. The zero-order valence-electron chi connectivity index (χ0n) is 19.4. The summed E-state index contributed by atoms with van der Waals surface area (Å²) in [6.45, 7) is 8.70. The summed E-state index contributed by atoms with van der Waals surface area (Å²) < 4.78 is 2.36. The van der Waals surface area contributed by atoms with Gasteiger partial charge in [0.2, 0.25) is 0 Å². The van der Waals surface area contributed by atoms with Crippen LogP contribution in [-0.2, 0) is 6.54 Å². The van der Waals surface area contributed by atoms with Crippen molar-refractivity contribution in [3.05, 3.63) is 108 Å². The van der Waals surface area contributed by atoms with E-state index in [0.29, 0.717) is 0 Å². The molecule has 0 radical (unpaired) electrons. The van der Waals surface area contributed by atoms with Crippen molar-refractivity contribution < 1.29 is 0 Å². The topological polar surface area (TPSA) is 20.2 Å². The van der Waals surface area contributed by atoms with Crippen LogP contribution in [0.5, 0.6) is 0 Å². The Balaban J connectivity index is 1.75. The quantitative estimate of drug-likeness (QED) is 0.449. The minimum atomic E-state index is -0.0129. The monoisotopic (exact) mass is 423 g/mol. The van der Waals surface area contributed by atoms with Gasteiger partial charge in [0.05, 0.1) is 6.04 Å². The summed E-state index contributed by atoms with van der Waals surface area (Å²) in [6, 6.07) is 17.2. The first kappa shape index (κ1) is 21.9. The number of aryl methyl sites for hydroxylation is 1. The fourth-order valence-corrected chi connectivity index (χ4v) is 4.23. The van der Waals surface area contributed by atoms with E-state index < -0.39 is 0 Å². The molecule has 3 aromatic rings. The van der Waals surface area contributed by atoms with Gasteiger partial charge in [0.15, 0.2) is 0 Å². The van der Waals surface area contributed by atoms with Crippen molar-refractivity contribution in [2.45, 2.75) is 25.9 Å². The van der Waals surface area contributed by atoms with Gasteiger partial charge >= 0.3 is 0 Å². The molecular formula is C29H33N3. The van der Waals surface area contributed by atoms with Crippen LogP contribution < -0.4 is 5.32 Å². The molecule has 1 N–H and O–H groups in total. The molecule has 1 aliphatic carbocycles. The van der Waals surface area contributed by atoms with Crippen molar-refractivity contribution in [1.82, 2.24) is 9.47 Å². The summed E-state index contributed by atoms with van der Waals surface area (Å²) in [4.78, 5) is 2.22. The number of para-hydroxylation sites is 1. The van der Waals surface area contributed by atoms with Gasteiger partial charge in [-0.1, -0.05) is 67.3 Å².